The van der Waals surface area contributed by atoms with Crippen molar-refractivity contribution in [2.75, 3.05) is 0 Å². The van der Waals surface area contributed by atoms with Gasteiger partial charge in [0.05, 0.1) is 22.8 Å². The number of carbonyl (C=O) groups excluding carboxylic acids is 1. The van der Waals surface area contributed by atoms with Crippen molar-refractivity contribution in [3.05, 3.63) is 64.4 Å². The second kappa shape index (κ2) is 7.28. The lowest BCUT2D eigenvalue weighted by atomic mass is 10.1. The van der Waals surface area contributed by atoms with Crippen LogP contribution in [0.15, 0.2) is 42.6 Å². The summed E-state index contributed by atoms with van der Waals surface area (Å²) in [5, 5.41) is 10.7. The van der Waals surface area contributed by atoms with Gasteiger partial charge in [-0.2, -0.15) is 23.4 Å². The maximum atomic E-state index is 13.6. The molecule has 3 aromatic heterocycles. The van der Waals surface area contributed by atoms with E-state index in [1.54, 1.807) is 48.3 Å². The van der Waals surface area contributed by atoms with Gasteiger partial charge in [0.15, 0.2) is 5.69 Å². The molecule has 1 aromatic carbocycles. The van der Waals surface area contributed by atoms with Gasteiger partial charge in [-0.3, -0.25) is 9.48 Å². The Kier molecular flexibility index (Phi) is 4.89. The van der Waals surface area contributed by atoms with Crippen LogP contribution in [-0.2, 0) is 13.2 Å². The van der Waals surface area contributed by atoms with Crippen molar-refractivity contribution in [2.24, 2.45) is 7.05 Å². The smallest absolute Gasteiger partial charge is 0.345 e. The summed E-state index contributed by atoms with van der Waals surface area (Å²) < 4.78 is 43.6. The fourth-order valence-electron chi connectivity index (χ4n) is 3.26. The van der Waals surface area contributed by atoms with E-state index < -0.39 is 17.8 Å². The molecule has 6 nitrogen and oxygen atoms in total. The Morgan fingerprint density at radius 3 is 2.53 bits per heavy atom. The zero-order chi connectivity index (χ0) is 21.6. The molecule has 1 atom stereocenters. The maximum Gasteiger partial charge on any atom is 0.435 e. The number of halogens is 3. The molecule has 1 N–H and O–H groups in total. The molecule has 10 heteroatoms. The fraction of sp³-hybridized carbons (Fsp3) is 0.250. The number of hydrogen-bond donors (Lipinski definition) is 1. The minimum atomic E-state index is -4.63. The molecule has 0 saturated heterocycles. The van der Waals surface area contributed by atoms with Gasteiger partial charge in [-0.05, 0) is 32.0 Å². The van der Waals surface area contributed by atoms with Gasteiger partial charge in [-0.15, -0.1) is 11.3 Å². The molecule has 0 bridgehead atoms. The first-order chi connectivity index (χ1) is 14.2. The van der Waals surface area contributed by atoms with E-state index in [4.69, 9.17) is 0 Å². The van der Waals surface area contributed by atoms with Crippen LogP contribution in [0.3, 0.4) is 0 Å². The summed E-state index contributed by atoms with van der Waals surface area (Å²) in [5.74, 6) is -0.445. The van der Waals surface area contributed by atoms with Crippen molar-refractivity contribution in [2.45, 2.75) is 26.1 Å². The van der Waals surface area contributed by atoms with Crippen molar-refractivity contribution in [1.29, 1.82) is 0 Å². The van der Waals surface area contributed by atoms with Gasteiger partial charge in [-0.1, -0.05) is 18.2 Å². The van der Waals surface area contributed by atoms with Crippen LogP contribution in [0.5, 0.6) is 0 Å². The fourth-order valence-corrected chi connectivity index (χ4v) is 4.29. The van der Waals surface area contributed by atoms with E-state index in [1.807, 2.05) is 13.8 Å². The highest BCUT2D eigenvalue weighted by Crippen LogP contribution is 2.39. The van der Waals surface area contributed by atoms with Gasteiger partial charge in [0.2, 0.25) is 0 Å². The number of thiophene rings is 1. The minimum Gasteiger partial charge on any atom is -0.345 e. The Morgan fingerprint density at radius 2 is 1.93 bits per heavy atom. The summed E-state index contributed by atoms with van der Waals surface area (Å²) in [5.41, 5.74) is 1.23. The highest BCUT2D eigenvalue weighted by molar-refractivity contribution is 7.20. The van der Waals surface area contributed by atoms with Crippen LogP contribution < -0.4 is 5.32 Å². The van der Waals surface area contributed by atoms with Gasteiger partial charge >= 0.3 is 6.18 Å². The summed E-state index contributed by atoms with van der Waals surface area (Å²) in [6.45, 7) is 3.69. The highest BCUT2D eigenvalue weighted by Gasteiger charge is 2.38. The van der Waals surface area contributed by atoms with Crippen molar-refractivity contribution in [3.8, 4) is 5.69 Å². The third kappa shape index (κ3) is 3.47. The average Bonchev–Trinajstić information content (AvgIpc) is 3.36. The van der Waals surface area contributed by atoms with E-state index in [9.17, 15) is 18.0 Å². The van der Waals surface area contributed by atoms with Crippen LogP contribution in [0.2, 0.25) is 0 Å². The van der Waals surface area contributed by atoms with Crippen LogP contribution in [0.1, 0.15) is 39.6 Å². The average molecular weight is 433 g/mol. The number of nitrogens with zero attached hydrogens (tertiary/aromatic N) is 4. The van der Waals surface area contributed by atoms with E-state index >= 15 is 0 Å². The van der Waals surface area contributed by atoms with E-state index in [0.29, 0.717) is 5.69 Å². The van der Waals surface area contributed by atoms with Crippen LogP contribution in [0, 0.1) is 6.92 Å². The summed E-state index contributed by atoms with van der Waals surface area (Å²) >= 11 is 0.978. The number of aryl methyl sites for hydroxylation is 1. The number of alkyl halides is 3. The molecule has 3 heterocycles. The van der Waals surface area contributed by atoms with Crippen molar-refractivity contribution in [1.82, 2.24) is 24.9 Å². The number of benzene rings is 1. The second-order valence-corrected chi connectivity index (χ2v) is 7.96. The molecule has 1 amide bonds. The van der Waals surface area contributed by atoms with Crippen molar-refractivity contribution in [3.63, 3.8) is 0 Å². The lowest BCUT2D eigenvalue weighted by Crippen LogP contribution is -2.26. The topological polar surface area (TPSA) is 64.7 Å². The Morgan fingerprint density at radius 1 is 1.23 bits per heavy atom. The predicted octanol–water partition coefficient (Wildman–Crippen LogP) is 4.64. The van der Waals surface area contributed by atoms with E-state index in [2.05, 4.69) is 15.5 Å². The number of carbonyl (C=O) groups is 1. The van der Waals surface area contributed by atoms with Crippen molar-refractivity contribution < 1.29 is 18.0 Å². The summed E-state index contributed by atoms with van der Waals surface area (Å²) in [7, 11) is 1.80. The monoisotopic (exact) mass is 433 g/mol. The molecule has 0 spiro atoms. The lowest BCUT2D eigenvalue weighted by molar-refractivity contribution is -0.140. The molecule has 4 rings (SSSR count). The van der Waals surface area contributed by atoms with E-state index in [1.165, 1.54) is 10.7 Å². The number of para-hydroxylation sites is 1. The van der Waals surface area contributed by atoms with Gasteiger partial charge < -0.3 is 5.32 Å². The Hall–Kier alpha value is -3.14. The summed E-state index contributed by atoms with van der Waals surface area (Å²) in [6.07, 6.45) is -2.96. The molecule has 0 fully saturated rings. The third-order valence-corrected chi connectivity index (χ3v) is 6.05. The molecular formula is C20H18F3N5OS. The number of aromatic nitrogens is 4. The lowest BCUT2D eigenvalue weighted by Gasteiger charge is -2.13. The molecule has 0 aliphatic rings. The zero-order valence-electron chi connectivity index (χ0n) is 16.4. The minimum absolute atomic E-state index is 0.0910. The molecule has 0 aliphatic heterocycles. The molecule has 156 valence electrons. The number of hydrogen-bond acceptors (Lipinski definition) is 4. The van der Waals surface area contributed by atoms with Crippen LogP contribution >= 0.6 is 11.3 Å². The van der Waals surface area contributed by atoms with Gasteiger partial charge in [0.25, 0.3) is 5.91 Å². The third-order valence-electron chi connectivity index (χ3n) is 4.94. The quantitative estimate of drug-likeness (QED) is 0.510. The normalized spacial score (nSPS) is 13.0. The SMILES string of the molecule is Cc1c([C@@H](C)NC(=O)c2cc3c(C(F)(F)F)nn(-c4ccccc4)c3s2)cnn1C. The Bertz CT molecular complexity index is 1220. The molecule has 0 saturated carbocycles. The maximum absolute atomic E-state index is 13.6. The predicted molar refractivity (Wildman–Crippen MR) is 108 cm³/mol. The van der Waals surface area contributed by atoms with Crippen LogP contribution in [0.4, 0.5) is 13.2 Å². The summed E-state index contributed by atoms with van der Waals surface area (Å²) in [6, 6.07) is 9.45. The van der Waals surface area contributed by atoms with E-state index in [0.717, 1.165) is 22.6 Å². The molecule has 0 radical (unpaired) electrons. The van der Waals surface area contributed by atoms with E-state index in [-0.39, 0.29) is 21.1 Å². The Balaban J connectivity index is 1.73. The first-order valence-electron chi connectivity index (χ1n) is 9.11. The highest BCUT2D eigenvalue weighted by atomic mass is 32.1. The number of nitrogens with one attached hydrogen (secondary N) is 1. The number of rotatable bonds is 4. The largest absolute Gasteiger partial charge is 0.435 e. The second-order valence-electron chi connectivity index (χ2n) is 6.93. The Labute approximate surface area is 173 Å². The van der Waals surface area contributed by atoms with Crippen LogP contribution in [-0.4, -0.2) is 25.5 Å². The first kappa shape index (κ1) is 20.1. The standard InChI is InChI=1S/C20H18F3N5OS/c1-11(15-10-24-27(3)12(15)2)25-18(29)16-9-14-17(20(21,22)23)26-28(19(14)30-16)13-7-5-4-6-8-13/h4-11H,1-3H3,(H,25,29)/t11-/m1/s1. The zero-order valence-corrected chi connectivity index (χ0v) is 17.2. The first-order valence-corrected chi connectivity index (χ1v) is 9.93. The molecule has 30 heavy (non-hydrogen) atoms. The number of amides is 1. The molecule has 0 unspecified atom stereocenters. The van der Waals surface area contributed by atoms with Gasteiger partial charge in [0.1, 0.15) is 4.83 Å². The molecule has 4 aromatic rings. The number of fused-ring (bicyclic) bond motifs is 1. The van der Waals surface area contributed by atoms with Crippen molar-refractivity contribution >= 4 is 27.5 Å². The molecule has 0 aliphatic carbocycles. The van der Waals surface area contributed by atoms with Gasteiger partial charge in [-0.25, -0.2) is 4.68 Å². The molecular weight excluding hydrogens is 415 g/mol. The van der Waals surface area contributed by atoms with Gasteiger partial charge in [0, 0.05) is 23.7 Å². The van der Waals surface area contributed by atoms with Crippen LogP contribution in [0.25, 0.3) is 15.9 Å². The summed E-state index contributed by atoms with van der Waals surface area (Å²) in [4.78, 5) is 13.2.